The van der Waals surface area contributed by atoms with Crippen LogP contribution in [0.2, 0.25) is 0 Å². The van der Waals surface area contributed by atoms with Gasteiger partial charge in [-0.25, -0.2) is 0 Å². The zero-order chi connectivity index (χ0) is 26.9. The predicted molar refractivity (Wildman–Crippen MR) is 179 cm³/mol. The molecule has 1 heteroatoms. The van der Waals surface area contributed by atoms with Gasteiger partial charge in [-0.15, -0.1) is 11.3 Å². The number of thiophene rings is 1. The maximum absolute atomic E-state index is 2.39. The van der Waals surface area contributed by atoms with Crippen molar-refractivity contribution in [2.24, 2.45) is 0 Å². The Labute approximate surface area is 242 Å². The molecular weight excluding hydrogens is 513 g/mol. The van der Waals surface area contributed by atoms with E-state index in [1.54, 1.807) is 0 Å². The van der Waals surface area contributed by atoms with E-state index in [1.807, 2.05) is 11.3 Å². The van der Waals surface area contributed by atoms with Crippen LogP contribution in [0.25, 0.3) is 85.9 Å². The molecule has 0 bridgehead atoms. The number of benzene rings is 8. The van der Waals surface area contributed by atoms with Crippen LogP contribution >= 0.6 is 11.3 Å². The molecule has 41 heavy (non-hydrogen) atoms. The Bertz CT molecular complexity index is 2380. The SMILES string of the molecule is c1ccc(-c2ccc(-c3ccc4c(c3)sc3cc(-c5ccc6ccc7cccc8ccc5c6c78)ccc34)cc2)cc1. The first-order valence-electron chi connectivity index (χ1n) is 14.1. The first-order valence-corrected chi connectivity index (χ1v) is 14.9. The molecule has 190 valence electrons. The third kappa shape index (κ3) is 3.53. The molecule has 0 saturated heterocycles. The van der Waals surface area contributed by atoms with Gasteiger partial charge in [0.05, 0.1) is 0 Å². The molecule has 0 amide bonds. The summed E-state index contributed by atoms with van der Waals surface area (Å²) in [7, 11) is 0. The Balaban J connectivity index is 1.15. The molecule has 0 atom stereocenters. The van der Waals surface area contributed by atoms with Crippen LogP contribution in [-0.4, -0.2) is 0 Å². The van der Waals surface area contributed by atoms with Gasteiger partial charge < -0.3 is 0 Å². The van der Waals surface area contributed by atoms with Crippen molar-refractivity contribution in [1.29, 1.82) is 0 Å². The second kappa shape index (κ2) is 8.76. The molecule has 9 aromatic rings. The third-order valence-electron chi connectivity index (χ3n) is 8.64. The Kier molecular flexibility index (Phi) is 4.87. The summed E-state index contributed by atoms with van der Waals surface area (Å²) in [6.07, 6.45) is 0. The fraction of sp³-hybridized carbons (Fsp3) is 0. The highest BCUT2D eigenvalue weighted by molar-refractivity contribution is 7.25. The summed E-state index contributed by atoms with van der Waals surface area (Å²) in [5.74, 6) is 0. The largest absolute Gasteiger partial charge is 0.135 e. The van der Waals surface area contributed by atoms with E-state index >= 15 is 0 Å². The second-order valence-electron chi connectivity index (χ2n) is 10.9. The van der Waals surface area contributed by atoms with Crippen molar-refractivity contribution in [2.45, 2.75) is 0 Å². The topological polar surface area (TPSA) is 0 Å². The first kappa shape index (κ1) is 22.8. The Morgan fingerprint density at radius 1 is 0.317 bits per heavy atom. The molecule has 1 aromatic heterocycles. The van der Waals surface area contributed by atoms with Crippen molar-refractivity contribution in [3.63, 3.8) is 0 Å². The number of rotatable bonds is 3. The average Bonchev–Trinajstić information content (AvgIpc) is 3.41. The first-order chi connectivity index (χ1) is 20.3. The van der Waals surface area contributed by atoms with Crippen molar-refractivity contribution in [1.82, 2.24) is 0 Å². The molecule has 0 radical (unpaired) electrons. The van der Waals surface area contributed by atoms with Crippen LogP contribution < -0.4 is 0 Å². The molecule has 0 nitrogen and oxygen atoms in total. The van der Waals surface area contributed by atoms with Crippen LogP contribution in [0, 0.1) is 0 Å². The van der Waals surface area contributed by atoms with Gasteiger partial charge in [0.15, 0.2) is 0 Å². The van der Waals surface area contributed by atoms with Gasteiger partial charge in [0, 0.05) is 20.2 Å². The third-order valence-corrected chi connectivity index (χ3v) is 9.75. The lowest BCUT2D eigenvalue weighted by atomic mass is 9.90. The van der Waals surface area contributed by atoms with Crippen LogP contribution in [-0.2, 0) is 0 Å². The van der Waals surface area contributed by atoms with Gasteiger partial charge in [-0.2, -0.15) is 0 Å². The van der Waals surface area contributed by atoms with Gasteiger partial charge in [-0.1, -0.05) is 133 Å². The summed E-state index contributed by atoms with van der Waals surface area (Å²) in [6.45, 7) is 0. The van der Waals surface area contributed by atoms with E-state index in [9.17, 15) is 0 Å². The standard InChI is InChI=1S/C40H24S/c1-2-5-25(6-3-1)26-9-11-27(12-10-26)31-17-20-34-35-21-18-32(24-38(35)41-37(34)23-31)33-19-15-30-14-13-28-7-4-8-29-16-22-36(33)40(30)39(28)29/h1-24H. The zero-order valence-corrected chi connectivity index (χ0v) is 23.1. The molecule has 0 fully saturated rings. The minimum absolute atomic E-state index is 1.25. The van der Waals surface area contributed by atoms with Gasteiger partial charge >= 0.3 is 0 Å². The molecule has 0 N–H and O–H groups in total. The van der Waals surface area contributed by atoms with Crippen molar-refractivity contribution < 1.29 is 0 Å². The van der Waals surface area contributed by atoms with E-state index < -0.39 is 0 Å². The van der Waals surface area contributed by atoms with Crippen LogP contribution in [0.5, 0.6) is 0 Å². The second-order valence-corrected chi connectivity index (χ2v) is 12.0. The Morgan fingerprint density at radius 2 is 0.829 bits per heavy atom. The van der Waals surface area contributed by atoms with Crippen LogP contribution in [0.15, 0.2) is 146 Å². The van der Waals surface area contributed by atoms with Gasteiger partial charge in [0.25, 0.3) is 0 Å². The highest BCUT2D eigenvalue weighted by Crippen LogP contribution is 2.42. The minimum atomic E-state index is 1.25. The van der Waals surface area contributed by atoms with Gasteiger partial charge in [-0.3, -0.25) is 0 Å². The van der Waals surface area contributed by atoms with E-state index in [4.69, 9.17) is 0 Å². The van der Waals surface area contributed by atoms with Crippen LogP contribution in [0.3, 0.4) is 0 Å². The lowest BCUT2D eigenvalue weighted by Gasteiger charge is -2.14. The summed E-state index contributed by atoms with van der Waals surface area (Å²) in [4.78, 5) is 0. The minimum Gasteiger partial charge on any atom is -0.135 e. The molecular formula is C40H24S. The van der Waals surface area contributed by atoms with E-state index in [0.29, 0.717) is 0 Å². The quantitative estimate of drug-likeness (QED) is 0.197. The predicted octanol–water partition coefficient (Wildman–Crippen LogP) is 12.0. The molecule has 0 aliphatic rings. The lowest BCUT2D eigenvalue weighted by Crippen LogP contribution is -1.87. The summed E-state index contributed by atoms with van der Waals surface area (Å²) in [6, 6.07) is 53.7. The van der Waals surface area contributed by atoms with Gasteiger partial charge in [-0.05, 0) is 77.8 Å². The molecule has 9 rings (SSSR count). The zero-order valence-electron chi connectivity index (χ0n) is 22.3. The van der Waals surface area contributed by atoms with Crippen LogP contribution in [0.4, 0.5) is 0 Å². The van der Waals surface area contributed by atoms with Gasteiger partial charge in [0.2, 0.25) is 0 Å². The van der Waals surface area contributed by atoms with Crippen molar-refractivity contribution in [3.8, 4) is 33.4 Å². The maximum Gasteiger partial charge on any atom is 0.0361 e. The highest BCUT2D eigenvalue weighted by Gasteiger charge is 2.14. The summed E-state index contributed by atoms with van der Waals surface area (Å²) in [5.41, 5.74) is 7.58. The average molecular weight is 537 g/mol. The van der Waals surface area contributed by atoms with Gasteiger partial charge in [0.1, 0.15) is 0 Å². The number of hydrogen-bond acceptors (Lipinski definition) is 1. The molecule has 0 saturated carbocycles. The van der Waals surface area contributed by atoms with E-state index in [0.717, 1.165) is 0 Å². The Morgan fingerprint density at radius 3 is 1.56 bits per heavy atom. The summed E-state index contributed by atoms with van der Waals surface area (Å²) < 4.78 is 2.66. The van der Waals surface area contributed by atoms with Crippen molar-refractivity contribution >= 4 is 63.8 Å². The molecule has 1 heterocycles. The van der Waals surface area contributed by atoms with Crippen molar-refractivity contribution in [2.75, 3.05) is 0 Å². The smallest absolute Gasteiger partial charge is 0.0361 e. The number of hydrogen-bond donors (Lipinski definition) is 0. The van der Waals surface area contributed by atoms with Crippen molar-refractivity contribution in [3.05, 3.63) is 146 Å². The van der Waals surface area contributed by atoms with E-state index in [1.165, 1.54) is 85.9 Å². The molecule has 0 aliphatic heterocycles. The summed E-state index contributed by atoms with van der Waals surface area (Å²) >= 11 is 1.89. The summed E-state index contributed by atoms with van der Waals surface area (Å²) in [5, 5.41) is 10.7. The van der Waals surface area contributed by atoms with E-state index in [2.05, 4.69) is 146 Å². The van der Waals surface area contributed by atoms with E-state index in [-0.39, 0.29) is 0 Å². The fourth-order valence-corrected chi connectivity index (χ4v) is 7.78. The molecule has 0 spiro atoms. The lowest BCUT2D eigenvalue weighted by molar-refractivity contribution is 1.60. The molecule has 0 unspecified atom stereocenters. The maximum atomic E-state index is 2.39. The Hall–Kier alpha value is -4.98. The monoisotopic (exact) mass is 536 g/mol. The number of fused-ring (bicyclic) bond motifs is 3. The van der Waals surface area contributed by atoms with Crippen LogP contribution in [0.1, 0.15) is 0 Å². The fourth-order valence-electron chi connectivity index (χ4n) is 6.60. The molecule has 0 aliphatic carbocycles. The molecule has 8 aromatic carbocycles. The highest BCUT2D eigenvalue weighted by atomic mass is 32.1. The normalized spacial score (nSPS) is 11.9.